The van der Waals surface area contributed by atoms with E-state index >= 15 is 0 Å². The Morgan fingerprint density at radius 1 is 1.43 bits per heavy atom. The Balaban J connectivity index is 0.00000280. The van der Waals surface area contributed by atoms with E-state index in [0.29, 0.717) is 37.5 Å². The Kier molecular flexibility index (Phi) is 9.75. The van der Waals surface area contributed by atoms with E-state index < -0.39 is 12.1 Å². The summed E-state index contributed by atoms with van der Waals surface area (Å²) < 4.78 is 6.26. The normalized spacial score (nSPS) is 23.1. The summed E-state index contributed by atoms with van der Waals surface area (Å²) in [5.74, 6) is 6.46. The number of para-hydroxylation sites is 1. The minimum absolute atomic E-state index is 0. The van der Waals surface area contributed by atoms with Gasteiger partial charge in [0.05, 0.1) is 6.10 Å². The molecule has 1 aromatic carbocycles. The van der Waals surface area contributed by atoms with E-state index in [-0.39, 0.29) is 63.9 Å². The van der Waals surface area contributed by atoms with E-state index in [1.54, 1.807) is 0 Å². The van der Waals surface area contributed by atoms with Gasteiger partial charge in [0.2, 0.25) is 0 Å². The van der Waals surface area contributed by atoms with Gasteiger partial charge in [-0.2, -0.15) is 0 Å². The van der Waals surface area contributed by atoms with Gasteiger partial charge in [0.25, 0.3) is 0 Å². The van der Waals surface area contributed by atoms with Crippen LogP contribution in [0.1, 0.15) is 62.5 Å². The molecule has 2 aliphatic rings. The van der Waals surface area contributed by atoms with Crippen molar-refractivity contribution in [3.8, 4) is 17.6 Å². The van der Waals surface area contributed by atoms with Gasteiger partial charge in [-0.1, -0.05) is 30.4 Å². The molecule has 4 nitrogen and oxygen atoms in total. The summed E-state index contributed by atoms with van der Waals surface area (Å²) in [6.07, 6.45) is 8.54. The fourth-order valence-corrected chi connectivity index (χ4v) is 4.27. The Bertz CT molecular complexity index is 762. The van der Waals surface area contributed by atoms with Gasteiger partial charge in [0.15, 0.2) is 0 Å². The number of carboxylic acid groups (broad SMARTS) is 1. The smallest absolute Gasteiger partial charge is 0.550 e. The molecule has 3 rings (SSSR count). The van der Waals surface area contributed by atoms with Gasteiger partial charge < -0.3 is 19.7 Å². The minimum atomic E-state index is -1.01. The van der Waals surface area contributed by atoms with Crippen LogP contribution in [0.15, 0.2) is 30.4 Å². The molecule has 0 amide bonds. The number of carbonyl (C=O) groups excluding carboxylic acids is 1. The molecule has 5 heteroatoms. The van der Waals surface area contributed by atoms with Gasteiger partial charge in [-0.3, -0.25) is 0 Å². The van der Waals surface area contributed by atoms with Crippen molar-refractivity contribution >= 4 is 5.97 Å². The quantitative estimate of drug-likeness (QED) is 0.367. The number of fused-ring (bicyclic) bond motifs is 3. The largest absolute Gasteiger partial charge is 1.00 e. The average Bonchev–Trinajstić information content (AvgIpc) is 3.20. The number of aliphatic carboxylic acids is 1. The van der Waals surface area contributed by atoms with Crippen LogP contribution in [0.25, 0.3) is 0 Å². The number of carbonyl (C=O) groups is 1. The van der Waals surface area contributed by atoms with E-state index in [2.05, 4.69) is 24.0 Å². The van der Waals surface area contributed by atoms with Crippen molar-refractivity contribution in [2.24, 2.45) is 5.92 Å². The molecule has 4 atom stereocenters. The summed E-state index contributed by atoms with van der Waals surface area (Å²) in [5.41, 5.74) is 2.31. The maximum absolute atomic E-state index is 10.7. The second-order valence-corrected chi connectivity index (χ2v) is 7.40. The van der Waals surface area contributed by atoms with Crippen molar-refractivity contribution in [2.45, 2.75) is 70.0 Å². The molecule has 0 radical (unpaired) electrons. The topological polar surface area (TPSA) is 69.6 Å². The molecule has 1 N–H and O–H groups in total. The van der Waals surface area contributed by atoms with Crippen molar-refractivity contribution < 1.29 is 71.1 Å². The van der Waals surface area contributed by atoms with Gasteiger partial charge in [0, 0.05) is 23.9 Å². The zero-order valence-corrected chi connectivity index (χ0v) is 19.9. The summed E-state index contributed by atoms with van der Waals surface area (Å²) in [5, 5.41) is 20.8. The molecule has 144 valence electrons. The number of hydrogen-bond acceptors (Lipinski definition) is 4. The van der Waals surface area contributed by atoms with Crippen molar-refractivity contribution in [3.63, 3.8) is 0 Å². The maximum Gasteiger partial charge on any atom is 1.00 e. The molecule has 0 saturated heterocycles. The molecular formula is C23H27KO4. The molecule has 1 fully saturated rings. The van der Waals surface area contributed by atoms with Gasteiger partial charge >= 0.3 is 51.4 Å². The van der Waals surface area contributed by atoms with Crippen LogP contribution in [0.4, 0.5) is 0 Å². The number of hydrogen-bond donors (Lipinski definition) is 1. The molecule has 1 heterocycles. The summed E-state index contributed by atoms with van der Waals surface area (Å²) in [6.45, 7) is 1.81. The van der Waals surface area contributed by atoms with E-state index in [1.807, 2.05) is 25.1 Å². The number of allylic oxidation sites excluding steroid dienone is 1. The van der Waals surface area contributed by atoms with Gasteiger partial charge in [-0.05, 0) is 56.9 Å². The summed E-state index contributed by atoms with van der Waals surface area (Å²) >= 11 is 0. The second kappa shape index (κ2) is 11.5. The summed E-state index contributed by atoms with van der Waals surface area (Å²) in [4.78, 5) is 10.7. The molecule has 1 aliphatic carbocycles. The Morgan fingerprint density at radius 2 is 2.25 bits per heavy atom. The SMILES string of the molecule is CC#CCCC(O)/C=C/C1CCC2Oc3c(CCCC(=O)[O-])cccc3C12.[K+]. The number of benzene rings is 1. The first-order valence-electron chi connectivity index (χ1n) is 9.84. The second-order valence-electron chi connectivity index (χ2n) is 7.40. The van der Waals surface area contributed by atoms with Crippen LogP contribution >= 0.6 is 0 Å². The average molecular weight is 407 g/mol. The molecule has 4 unspecified atom stereocenters. The van der Waals surface area contributed by atoms with Crippen molar-refractivity contribution in [3.05, 3.63) is 41.5 Å². The van der Waals surface area contributed by atoms with Crippen LogP contribution < -0.4 is 61.2 Å². The zero-order valence-electron chi connectivity index (χ0n) is 16.8. The predicted molar refractivity (Wildman–Crippen MR) is 102 cm³/mol. The first-order valence-corrected chi connectivity index (χ1v) is 9.84. The molecule has 0 aromatic heterocycles. The van der Waals surface area contributed by atoms with Crippen molar-refractivity contribution in [2.75, 3.05) is 0 Å². The standard InChI is InChI=1S/C23H28O4.K/c1-2-3-4-9-18(24)14-12-16-13-15-20-22(16)19-10-5-7-17(23(19)27-20)8-6-11-21(25)26;/h5,7,10,12,14,16,18,20,22,24H,4,6,8-9,11,13,15H2,1H3,(H,25,26);/q;+1/p-1/b14-12+;. The molecule has 28 heavy (non-hydrogen) atoms. The molecular weight excluding hydrogens is 379 g/mol. The number of aryl methyl sites for hydroxylation is 1. The maximum atomic E-state index is 10.7. The Morgan fingerprint density at radius 3 is 3.00 bits per heavy atom. The molecule has 1 aliphatic heterocycles. The molecule has 1 aromatic rings. The first kappa shape index (κ1) is 23.7. The van der Waals surface area contributed by atoms with E-state index in [0.717, 1.165) is 24.2 Å². The zero-order chi connectivity index (χ0) is 19.2. The predicted octanol–water partition coefficient (Wildman–Crippen LogP) is -0.262. The van der Waals surface area contributed by atoms with E-state index in [9.17, 15) is 15.0 Å². The number of carboxylic acids is 1. The van der Waals surface area contributed by atoms with Crippen LogP contribution in [0.2, 0.25) is 0 Å². The van der Waals surface area contributed by atoms with Crippen LogP contribution in [0.3, 0.4) is 0 Å². The monoisotopic (exact) mass is 406 g/mol. The minimum Gasteiger partial charge on any atom is -0.550 e. The first-order chi connectivity index (χ1) is 13.1. The molecule has 0 bridgehead atoms. The fraction of sp³-hybridized carbons (Fsp3) is 0.522. The molecule has 0 spiro atoms. The third-order valence-corrected chi connectivity index (χ3v) is 5.55. The summed E-state index contributed by atoms with van der Waals surface area (Å²) in [6, 6.07) is 6.19. The van der Waals surface area contributed by atoms with Gasteiger partial charge in [0.1, 0.15) is 11.9 Å². The van der Waals surface area contributed by atoms with E-state index in [4.69, 9.17) is 4.74 Å². The van der Waals surface area contributed by atoms with Crippen molar-refractivity contribution in [1.82, 2.24) is 0 Å². The van der Waals surface area contributed by atoms with Crippen LogP contribution in [-0.4, -0.2) is 23.3 Å². The fourth-order valence-electron chi connectivity index (χ4n) is 4.27. The van der Waals surface area contributed by atoms with Crippen molar-refractivity contribution in [1.29, 1.82) is 0 Å². The van der Waals surface area contributed by atoms with Crippen LogP contribution in [0.5, 0.6) is 5.75 Å². The third kappa shape index (κ3) is 5.95. The Labute approximate surface area is 210 Å². The van der Waals surface area contributed by atoms with Crippen LogP contribution in [-0.2, 0) is 11.2 Å². The number of aliphatic hydroxyl groups is 1. The number of aliphatic hydroxyl groups excluding tert-OH is 1. The van der Waals surface area contributed by atoms with Gasteiger partial charge in [-0.15, -0.1) is 11.8 Å². The molecule has 1 saturated carbocycles. The number of rotatable bonds is 8. The third-order valence-electron chi connectivity index (χ3n) is 5.55. The van der Waals surface area contributed by atoms with Crippen LogP contribution in [0, 0.1) is 17.8 Å². The number of ether oxygens (including phenoxy) is 1. The Hall–Kier alpha value is -0.614. The van der Waals surface area contributed by atoms with E-state index in [1.165, 1.54) is 5.56 Å². The van der Waals surface area contributed by atoms with Gasteiger partial charge in [-0.25, -0.2) is 0 Å². The summed E-state index contributed by atoms with van der Waals surface area (Å²) in [7, 11) is 0.